The maximum atomic E-state index is 10.3. The van der Waals surface area contributed by atoms with Crippen LogP contribution in [0.1, 0.15) is 17.7 Å². The number of hydrogen-bond acceptors (Lipinski definition) is 3. The number of aryl methyl sites for hydroxylation is 1. The third kappa shape index (κ3) is 3.44. The fourth-order valence-electron chi connectivity index (χ4n) is 2.55. The molecule has 2 heterocycles. The Bertz CT molecular complexity index is 707. The largest absolute Gasteiger partial charge is 0.393 e. The Morgan fingerprint density at radius 3 is 2.62 bits per heavy atom. The number of aliphatic hydroxyl groups excluding tert-OH is 1. The first-order valence-electron chi connectivity index (χ1n) is 7.23. The Morgan fingerprint density at radius 1 is 0.905 bits per heavy atom. The molecule has 1 aromatic carbocycles. The van der Waals surface area contributed by atoms with Crippen molar-refractivity contribution in [2.45, 2.75) is 25.4 Å². The lowest BCUT2D eigenvalue weighted by Gasteiger charge is -2.12. The van der Waals surface area contributed by atoms with Gasteiger partial charge >= 0.3 is 0 Å². The van der Waals surface area contributed by atoms with Crippen molar-refractivity contribution >= 4 is 10.9 Å². The van der Waals surface area contributed by atoms with Crippen molar-refractivity contribution in [1.29, 1.82) is 0 Å². The molecule has 3 heteroatoms. The Morgan fingerprint density at radius 2 is 1.76 bits per heavy atom. The lowest BCUT2D eigenvalue weighted by Crippen LogP contribution is -2.12. The molecule has 21 heavy (non-hydrogen) atoms. The van der Waals surface area contributed by atoms with Crippen LogP contribution >= 0.6 is 0 Å². The van der Waals surface area contributed by atoms with Gasteiger partial charge in [0.2, 0.25) is 0 Å². The number of pyridine rings is 2. The van der Waals surface area contributed by atoms with Crippen LogP contribution in [0.25, 0.3) is 10.9 Å². The number of benzene rings is 1. The summed E-state index contributed by atoms with van der Waals surface area (Å²) in [4.78, 5) is 8.64. The molecule has 1 N–H and O–H groups in total. The molecule has 1 unspecified atom stereocenters. The van der Waals surface area contributed by atoms with Crippen molar-refractivity contribution in [3.05, 3.63) is 72.2 Å². The molecular weight excluding hydrogens is 260 g/mol. The third-order valence-corrected chi connectivity index (χ3v) is 3.65. The Labute approximate surface area is 124 Å². The number of rotatable bonds is 5. The Balaban J connectivity index is 1.67. The van der Waals surface area contributed by atoms with Crippen molar-refractivity contribution in [3.8, 4) is 0 Å². The molecule has 0 spiro atoms. The predicted octanol–water partition coefficient (Wildman–Crippen LogP) is 3.17. The number of para-hydroxylation sites is 1. The first-order valence-corrected chi connectivity index (χ1v) is 7.23. The summed E-state index contributed by atoms with van der Waals surface area (Å²) >= 11 is 0. The maximum absolute atomic E-state index is 10.3. The zero-order valence-corrected chi connectivity index (χ0v) is 11.8. The summed E-state index contributed by atoms with van der Waals surface area (Å²) in [6.45, 7) is 0. The van der Waals surface area contributed by atoms with Gasteiger partial charge in [-0.2, -0.15) is 0 Å². The van der Waals surface area contributed by atoms with Crippen LogP contribution in [0.3, 0.4) is 0 Å². The molecular formula is C18H18N2O. The van der Waals surface area contributed by atoms with Gasteiger partial charge in [-0.1, -0.05) is 24.3 Å². The van der Waals surface area contributed by atoms with Crippen LogP contribution in [0.5, 0.6) is 0 Å². The van der Waals surface area contributed by atoms with E-state index in [9.17, 15) is 5.11 Å². The molecule has 3 rings (SSSR count). The number of aliphatic hydroxyl groups is 1. The number of fused-ring (bicyclic) bond motifs is 1. The SMILES string of the molecule is OC(CCc1ccccn1)Cc1ccnc2ccccc12. The topological polar surface area (TPSA) is 46.0 Å². The summed E-state index contributed by atoms with van der Waals surface area (Å²) in [6.07, 6.45) is 5.40. The molecule has 0 saturated heterocycles. The fraction of sp³-hybridized carbons (Fsp3) is 0.222. The van der Waals surface area contributed by atoms with E-state index in [1.807, 2.05) is 48.7 Å². The minimum Gasteiger partial charge on any atom is -0.393 e. The van der Waals surface area contributed by atoms with Gasteiger partial charge in [0.15, 0.2) is 0 Å². The molecule has 0 fully saturated rings. The van der Waals surface area contributed by atoms with Crippen LogP contribution in [0.15, 0.2) is 60.9 Å². The second-order valence-corrected chi connectivity index (χ2v) is 5.20. The van der Waals surface area contributed by atoms with E-state index in [4.69, 9.17) is 0 Å². The molecule has 0 aliphatic carbocycles. The molecule has 0 amide bonds. The molecule has 106 valence electrons. The zero-order chi connectivity index (χ0) is 14.5. The summed E-state index contributed by atoms with van der Waals surface area (Å²) in [5.41, 5.74) is 3.15. The van der Waals surface area contributed by atoms with E-state index >= 15 is 0 Å². The average Bonchev–Trinajstić information content (AvgIpc) is 2.54. The van der Waals surface area contributed by atoms with Crippen molar-refractivity contribution in [3.63, 3.8) is 0 Å². The van der Waals surface area contributed by atoms with E-state index in [2.05, 4.69) is 16.0 Å². The number of hydrogen-bond donors (Lipinski definition) is 1. The minimum absolute atomic E-state index is 0.363. The molecule has 0 aliphatic heterocycles. The van der Waals surface area contributed by atoms with Crippen LogP contribution in [0.4, 0.5) is 0 Å². The molecule has 2 aromatic heterocycles. The summed E-state index contributed by atoms with van der Waals surface area (Å²) in [6, 6.07) is 15.9. The van der Waals surface area contributed by atoms with Crippen LogP contribution in [-0.2, 0) is 12.8 Å². The molecule has 0 radical (unpaired) electrons. The number of aromatic nitrogens is 2. The first-order chi connectivity index (χ1) is 10.3. The van der Waals surface area contributed by atoms with Crippen molar-refractivity contribution < 1.29 is 5.11 Å². The third-order valence-electron chi connectivity index (χ3n) is 3.65. The van der Waals surface area contributed by atoms with Crippen LogP contribution in [0.2, 0.25) is 0 Å². The lowest BCUT2D eigenvalue weighted by molar-refractivity contribution is 0.165. The van der Waals surface area contributed by atoms with Gasteiger partial charge in [-0.15, -0.1) is 0 Å². The van der Waals surface area contributed by atoms with Gasteiger partial charge in [0.25, 0.3) is 0 Å². The highest BCUT2D eigenvalue weighted by atomic mass is 16.3. The van der Waals surface area contributed by atoms with Gasteiger partial charge in [0.1, 0.15) is 0 Å². The van der Waals surface area contributed by atoms with E-state index in [1.165, 1.54) is 0 Å². The predicted molar refractivity (Wildman–Crippen MR) is 84.0 cm³/mol. The molecule has 0 saturated carbocycles. The van der Waals surface area contributed by atoms with E-state index in [0.29, 0.717) is 12.8 Å². The van der Waals surface area contributed by atoms with Gasteiger partial charge in [-0.3, -0.25) is 9.97 Å². The van der Waals surface area contributed by atoms with Gasteiger partial charge in [-0.25, -0.2) is 0 Å². The highest BCUT2D eigenvalue weighted by Crippen LogP contribution is 2.18. The van der Waals surface area contributed by atoms with Gasteiger partial charge < -0.3 is 5.11 Å². The van der Waals surface area contributed by atoms with E-state index in [1.54, 1.807) is 6.20 Å². The van der Waals surface area contributed by atoms with E-state index < -0.39 is 0 Å². The first kappa shape index (κ1) is 13.7. The van der Waals surface area contributed by atoms with E-state index in [-0.39, 0.29) is 6.10 Å². The zero-order valence-electron chi connectivity index (χ0n) is 11.8. The number of nitrogens with zero attached hydrogens (tertiary/aromatic N) is 2. The molecule has 0 bridgehead atoms. The van der Waals surface area contributed by atoms with Crippen LogP contribution in [0, 0.1) is 0 Å². The van der Waals surface area contributed by atoms with Gasteiger partial charge in [-0.05, 0) is 49.1 Å². The molecule has 1 atom stereocenters. The van der Waals surface area contributed by atoms with Crippen molar-refractivity contribution in [1.82, 2.24) is 9.97 Å². The van der Waals surface area contributed by atoms with Crippen molar-refractivity contribution in [2.24, 2.45) is 0 Å². The van der Waals surface area contributed by atoms with Gasteiger partial charge in [0.05, 0.1) is 11.6 Å². The van der Waals surface area contributed by atoms with Crippen LogP contribution < -0.4 is 0 Å². The second-order valence-electron chi connectivity index (χ2n) is 5.20. The Kier molecular flexibility index (Phi) is 4.22. The molecule has 0 aliphatic rings. The average molecular weight is 278 g/mol. The lowest BCUT2D eigenvalue weighted by atomic mass is 10.00. The highest BCUT2D eigenvalue weighted by Gasteiger charge is 2.09. The summed E-state index contributed by atoms with van der Waals surface area (Å²) < 4.78 is 0. The van der Waals surface area contributed by atoms with Gasteiger partial charge in [0, 0.05) is 23.5 Å². The monoisotopic (exact) mass is 278 g/mol. The summed E-state index contributed by atoms with van der Waals surface area (Å²) in [5.74, 6) is 0. The Hall–Kier alpha value is -2.26. The summed E-state index contributed by atoms with van der Waals surface area (Å²) in [5, 5.41) is 11.4. The van der Waals surface area contributed by atoms with Crippen LogP contribution in [-0.4, -0.2) is 21.2 Å². The van der Waals surface area contributed by atoms with E-state index in [0.717, 1.165) is 28.6 Å². The second kappa shape index (κ2) is 6.46. The van der Waals surface area contributed by atoms with Crippen molar-refractivity contribution in [2.75, 3.05) is 0 Å². The minimum atomic E-state index is -0.363. The smallest absolute Gasteiger partial charge is 0.0704 e. The fourth-order valence-corrected chi connectivity index (χ4v) is 2.55. The normalized spacial score (nSPS) is 12.4. The quantitative estimate of drug-likeness (QED) is 0.779. The standard InChI is InChI=1S/C18H18N2O/c21-16(9-8-15-5-3-4-11-19-15)13-14-10-12-20-18-7-2-1-6-17(14)18/h1-7,10-12,16,21H,8-9,13H2. The molecule has 3 nitrogen and oxygen atoms in total. The summed E-state index contributed by atoms with van der Waals surface area (Å²) in [7, 11) is 0. The highest BCUT2D eigenvalue weighted by molar-refractivity contribution is 5.81. The molecule has 3 aromatic rings. The maximum Gasteiger partial charge on any atom is 0.0704 e.